The molecule has 0 aromatic carbocycles. The summed E-state index contributed by atoms with van der Waals surface area (Å²) in [5.41, 5.74) is 0. The molecule has 0 unspecified atom stereocenters. The minimum Gasteiger partial charge on any atom is -0.377 e. The van der Waals surface area contributed by atoms with E-state index >= 15 is 0 Å². The van der Waals surface area contributed by atoms with Crippen molar-refractivity contribution in [1.82, 2.24) is 0 Å². The zero-order valence-electron chi connectivity index (χ0n) is 35.1. The maximum absolute atomic E-state index is 12.2. The first-order chi connectivity index (χ1) is 25.1. The lowest BCUT2D eigenvalue weighted by atomic mass is 10.0. The second kappa shape index (κ2) is 32.5. The first kappa shape index (κ1) is 52.4. The van der Waals surface area contributed by atoms with E-state index in [1.165, 1.54) is 108 Å². The molecule has 0 aliphatic carbocycles. The van der Waals surface area contributed by atoms with Crippen molar-refractivity contribution in [2.24, 2.45) is 0 Å². The molecule has 9 nitrogen and oxygen atoms in total. The molecule has 0 N–H and O–H groups in total. The van der Waals surface area contributed by atoms with Crippen LogP contribution in [0.4, 0.5) is 8.78 Å². The third-order valence-corrected chi connectivity index (χ3v) is 25.4. The Balaban J connectivity index is 5.09. The van der Waals surface area contributed by atoms with Crippen molar-refractivity contribution in [3.63, 3.8) is 0 Å². The molecule has 52 heavy (non-hydrogen) atoms. The van der Waals surface area contributed by atoms with Gasteiger partial charge in [-0.25, -0.2) is 8.78 Å². The molecular formula is C37H82F2O9Si4. The van der Waals surface area contributed by atoms with Crippen LogP contribution in [0, 0.1) is 0 Å². The molecule has 0 aliphatic rings. The van der Waals surface area contributed by atoms with Crippen molar-refractivity contribution >= 4 is 34.5 Å². The van der Waals surface area contributed by atoms with Crippen LogP contribution in [0.1, 0.15) is 128 Å². The van der Waals surface area contributed by atoms with Gasteiger partial charge in [0.2, 0.25) is 6.43 Å². The monoisotopic (exact) mass is 821 g/mol. The Morgan fingerprint density at radius 3 is 0.731 bits per heavy atom. The topological polar surface area (TPSA) is 83.1 Å². The second-order valence-electron chi connectivity index (χ2n) is 14.5. The molecule has 0 rings (SSSR count). The van der Waals surface area contributed by atoms with Crippen LogP contribution in [0.15, 0.2) is 0 Å². The fourth-order valence-corrected chi connectivity index (χ4v) is 19.2. The summed E-state index contributed by atoms with van der Waals surface area (Å²) in [6.07, 6.45) is 20.6. The molecule has 0 aromatic rings. The summed E-state index contributed by atoms with van der Waals surface area (Å²) in [7, 11) is 5.57. The minimum atomic E-state index is -2.66. The maximum Gasteiger partial charge on any atom is 0.500 e. The summed E-state index contributed by atoms with van der Waals surface area (Å²) in [4.78, 5) is 0. The predicted molar refractivity (Wildman–Crippen MR) is 218 cm³/mol. The average molecular weight is 821 g/mol. The molecule has 0 fully saturated rings. The number of halogens is 2. The van der Waals surface area contributed by atoms with Gasteiger partial charge in [0.25, 0.3) is 0 Å². The van der Waals surface area contributed by atoms with E-state index in [-0.39, 0.29) is 6.42 Å². The number of alkyl halides is 2. The molecule has 0 heterocycles. The molecule has 314 valence electrons. The van der Waals surface area contributed by atoms with Crippen LogP contribution >= 0.6 is 0 Å². The van der Waals surface area contributed by atoms with Crippen molar-refractivity contribution < 1.29 is 48.6 Å². The fraction of sp³-hybridized carbons (Fsp3) is 1.00. The molecule has 15 heteroatoms. The van der Waals surface area contributed by atoms with Crippen molar-refractivity contribution in [3.8, 4) is 0 Å². The zero-order chi connectivity index (χ0) is 39.0. The Hall–Kier alpha value is 0.368. The number of hydrogen-bond acceptors (Lipinski definition) is 9. The van der Waals surface area contributed by atoms with Crippen LogP contribution in [-0.4, -0.2) is 105 Å². The van der Waals surface area contributed by atoms with Crippen LogP contribution in [0.3, 0.4) is 0 Å². The summed E-state index contributed by atoms with van der Waals surface area (Å²) in [5.74, 6) is 0. The largest absolute Gasteiger partial charge is 0.500 e. The van der Waals surface area contributed by atoms with Gasteiger partial charge < -0.3 is 39.8 Å². The highest BCUT2D eigenvalue weighted by atomic mass is 28.4. The Morgan fingerprint density at radius 2 is 0.500 bits per heavy atom. The molecule has 0 saturated carbocycles. The van der Waals surface area contributed by atoms with E-state index in [0.29, 0.717) is 6.42 Å². The lowest BCUT2D eigenvalue weighted by Gasteiger charge is -2.35. The molecule has 0 radical (unpaired) electrons. The van der Waals surface area contributed by atoms with Gasteiger partial charge in [-0.05, 0) is 6.42 Å². The molecule has 0 saturated heterocycles. The molecule has 0 aliphatic heterocycles. The molecule has 0 bridgehead atoms. The van der Waals surface area contributed by atoms with Crippen molar-refractivity contribution in [2.75, 3.05) is 64.0 Å². The highest BCUT2D eigenvalue weighted by Gasteiger charge is 2.43. The number of unbranched alkanes of at least 4 members (excludes halogenated alkanes) is 15. The summed E-state index contributed by atoms with van der Waals surface area (Å²) in [5, 5.41) is 0. The summed E-state index contributed by atoms with van der Waals surface area (Å²) in [6, 6.07) is 7.34. The first-order valence-corrected chi connectivity index (χ1v) is 29.0. The normalized spacial score (nSPS) is 13.2. The van der Waals surface area contributed by atoms with Crippen molar-refractivity contribution in [3.05, 3.63) is 0 Å². The Morgan fingerprint density at radius 1 is 0.288 bits per heavy atom. The summed E-state index contributed by atoms with van der Waals surface area (Å²) >= 11 is 0. The lowest BCUT2D eigenvalue weighted by molar-refractivity contribution is 0.123. The van der Waals surface area contributed by atoms with E-state index in [1.807, 2.05) is 0 Å². The van der Waals surface area contributed by atoms with Gasteiger partial charge in [0.1, 0.15) is 0 Å². The van der Waals surface area contributed by atoms with Crippen LogP contribution in [0.5, 0.6) is 0 Å². The van der Waals surface area contributed by atoms with Crippen LogP contribution < -0.4 is 0 Å². The number of hydrogen-bond donors (Lipinski definition) is 0. The van der Waals surface area contributed by atoms with Crippen LogP contribution in [-0.2, 0) is 39.8 Å². The van der Waals surface area contributed by atoms with Gasteiger partial charge >= 0.3 is 26.4 Å². The lowest BCUT2D eigenvalue weighted by Crippen LogP contribution is -2.45. The van der Waals surface area contributed by atoms with E-state index < -0.39 is 40.9 Å². The van der Waals surface area contributed by atoms with Crippen LogP contribution in [0.25, 0.3) is 0 Å². The van der Waals surface area contributed by atoms with E-state index in [1.54, 1.807) is 64.0 Å². The van der Waals surface area contributed by atoms with Gasteiger partial charge in [-0.2, -0.15) is 0 Å². The summed E-state index contributed by atoms with van der Waals surface area (Å²) < 4.78 is 76.6. The van der Waals surface area contributed by atoms with Gasteiger partial charge in [-0.1, -0.05) is 140 Å². The Labute approximate surface area is 323 Å². The SMILES string of the molecule is CO[Si](CCC[Si](CCCCCCCCCCCCCCCCCCC(F)F)(CCC[Si](OC)(OC)OC)CCC[Si](OC)(OC)OC)(OC)OC. The van der Waals surface area contributed by atoms with Gasteiger partial charge in [0.05, 0.1) is 8.07 Å². The molecule has 0 amide bonds. The smallest absolute Gasteiger partial charge is 0.377 e. The van der Waals surface area contributed by atoms with Crippen molar-refractivity contribution in [2.45, 2.75) is 177 Å². The van der Waals surface area contributed by atoms with E-state index in [4.69, 9.17) is 39.8 Å². The Bertz CT molecular complexity index is 707. The summed E-state index contributed by atoms with van der Waals surface area (Å²) in [6.45, 7) is 0. The third kappa shape index (κ3) is 22.8. The third-order valence-electron chi connectivity index (χ3n) is 11.2. The van der Waals surface area contributed by atoms with Crippen LogP contribution in [0.2, 0.25) is 42.3 Å². The van der Waals surface area contributed by atoms with Gasteiger partial charge in [-0.15, -0.1) is 0 Å². The van der Waals surface area contributed by atoms with Crippen molar-refractivity contribution in [1.29, 1.82) is 0 Å². The minimum absolute atomic E-state index is 0.0656. The number of rotatable bonds is 40. The van der Waals surface area contributed by atoms with E-state index in [9.17, 15) is 8.78 Å². The van der Waals surface area contributed by atoms with E-state index in [2.05, 4.69) is 0 Å². The van der Waals surface area contributed by atoms with Gasteiger partial charge in [0.15, 0.2) is 0 Å². The Kier molecular flexibility index (Phi) is 32.7. The highest BCUT2D eigenvalue weighted by molar-refractivity contribution is 6.80. The van der Waals surface area contributed by atoms with E-state index in [0.717, 1.165) is 50.2 Å². The molecular weight excluding hydrogens is 739 g/mol. The maximum atomic E-state index is 12.2. The molecule has 0 atom stereocenters. The molecule has 0 spiro atoms. The van der Waals surface area contributed by atoms with Gasteiger partial charge in [0, 0.05) is 88.5 Å². The average Bonchev–Trinajstić information content (AvgIpc) is 3.16. The standard InChI is InChI=1S/C37H82F2O9Si4/c1-40-50(41-2,42-3)34-26-31-49(32-27-35-51(43-4,44-5)45-6,33-28-36-52(46-7,47-8)48-9)30-25-23-21-19-17-15-13-11-10-12-14-16-18-20-22-24-29-37(38)39/h37H,10-36H2,1-9H3. The van der Waals surface area contributed by atoms with Gasteiger partial charge in [-0.3, -0.25) is 0 Å². The highest BCUT2D eigenvalue weighted by Crippen LogP contribution is 2.37. The quantitative estimate of drug-likeness (QED) is 0.0443. The molecule has 0 aromatic heterocycles. The zero-order valence-corrected chi connectivity index (χ0v) is 39.1. The first-order valence-electron chi connectivity index (χ1n) is 20.3. The predicted octanol–water partition coefficient (Wildman–Crippen LogP) is 11.1. The second-order valence-corrected chi connectivity index (χ2v) is 28.8. The fourth-order valence-electron chi connectivity index (χ4n) is 7.73.